The lowest BCUT2D eigenvalue weighted by molar-refractivity contribution is 0.0581. The Kier molecular flexibility index (Phi) is 6.26. The van der Waals surface area contributed by atoms with E-state index in [1.807, 2.05) is 4.57 Å². The first-order valence-corrected chi connectivity index (χ1v) is 10.00. The predicted molar refractivity (Wildman–Crippen MR) is 107 cm³/mol. The first kappa shape index (κ1) is 20.7. The summed E-state index contributed by atoms with van der Waals surface area (Å²) < 4.78 is 34.9. The third-order valence-electron chi connectivity index (χ3n) is 5.00. The summed E-state index contributed by atoms with van der Waals surface area (Å²) in [5.41, 5.74) is 0.251. The number of rotatable bonds is 7. The molecule has 1 N–H and O–H groups in total. The van der Waals surface area contributed by atoms with Gasteiger partial charge in [-0.05, 0) is 29.8 Å². The molecule has 4 rings (SSSR count). The fourth-order valence-electron chi connectivity index (χ4n) is 3.51. The van der Waals surface area contributed by atoms with Crippen molar-refractivity contribution in [3.63, 3.8) is 0 Å². The molecule has 0 bridgehead atoms. The molecule has 0 saturated carbocycles. The minimum absolute atomic E-state index is 0.146. The highest BCUT2D eigenvalue weighted by Gasteiger charge is 2.23. The Bertz CT molecular complexity index is 1030. The highest BCUT2D eigenvalue weighted by atomic mass is 35.5. The number of fused-ring (bicyclic) bond motifs is 1. The summed E-state index contributed by atoms with van der Waals surface area (Å²) in [6, 6.07) is 11.1. The van der Waals surface area contributed by atoms with Crippen molar-refractivity contribution in [1.82, 2.24) is 19.7 Å². The number of β-amino-alcohol motifs (C(OH)–C–C–N with tert-alkyl or cyclic N) is 1. The highest BCUT2D eigenvalue weighted by Crippen LogP contribution is 2.20. The smallest absolute Gasteiger partial charge is 0.162 e. The molecule has 0 radical (unpaired) electrons. The first-order chi connectivity index (χ1) is 14.5. The van der Waals surface area contributed by atoms with Gasteiger partial charge in [0.2, 0.25) is 0 Å². The first-order valence-electron chi connectivity index (χ1n) is 9.62. The molecule has 0 spiro atoms. The lowest BCUT2D eigenvalue weighted by Gasteiger charge is -2.29. The van der Waals surface area contributed by atoms with Crippen molar-refractivity contribution in [2.24, 2.45) is 0 Å². The average Bonchev–Trinajstić information content (AvgIpc) is 3.12. The van der Waals surface area contributed by atoms with E-state index in [2.05, 4.69) is 15.1 Å². The number of aromatic nitrogens is 3. The number of benzene rings is 2. The van der Waals surface area contributed by atoms with Gasteiger partial charge in [-0.1, -0.05) is 29.8 Å². The van der Waals surface area contributed by atoms with Crippen LogP contribution in [0.25, 0.3) is 0 Å². The largest absolute Gasteiger partial charge is 0.491 e. The molecular formula is C21H21ClF2N4O2. The van der Waals surface area contributed by atoms with Crippen LogP contribution in [0.2, 0.25) is 5.02 Å². The molecule has 158 valence electrons. The van der Waals surface area contributed by atoms with Crippen molar-refractivity contribution >= 4 is 11.6 Å². The third kappa shape index (κ3) is 4.77. The van der Waals surface area contributed by atoms with Crippen molar-refractivity contribution in [3.8, 4) is 5.75 Å². The van der Waals surface area contributed by atoms with E-state index in [1.54, 1.807) is 30.3 Å². The Morgan fingerprint density at radius 2 is 1.97 bits per heavy atom. The van der Waals surface area contributed by atoms with Crippen molar-refractivity contribution < 1.29 is 18.6 Å². The number of nitrogens with zero attached hydrogens (tertiary/aromatic N) is 4. The van der Waals surface area contributed by atoms with Gasteiger partial charge in [0.25, 0.3) is 0 Å². The second-order valence-electron chi connectivity index (χ2n) is 7.23. The molecule has 1 aliphatic heterocycles. The third-order valence-corrected chi connectivity index (χ3v) is 5.23. The summed E-state index contributed by atoms with van der Waals surface area (Å²) in [5, 5.41) is 19.2. The Hall–Kier alpha value is -2.55. The van der Waals surface area contributed by atoms with Crippen LogP contribution in [-0.4, -0.2) is 50.6 Å². The number of aliphatic hydroxyl groups is 1. The molecule has 1 aliphatic rings. The fraction of sp³-hybridized carbons (Fsp3) is 0.333. The van der Waals surface area contributed by atoms with Crippen LogP contribution in [0, 0.1) is 11.6 Å². The highest BCUT2D eigenvalue weighted by molar-refractivity contribution is 6.30. The van der Waals surface area contributed by atoms with Crippen molar-refractivity contribution in [2.45, 2.75) is 25.6 Å². The van der Waals surface area contributed by atoms with Crippen LogP contribution in [0.5, 0.6) is 5.75 Å². The molecule has 1 aromatic heterocycles. The van der Waals surface area contributed by atoms with Crippen LogP contribution in [-0.2, 0) is 19.5 Å². The maximum Gasteiger partial charge on any atom is 0.162 e. The summed E-state index contributed by atoms with van der Waals surface area (Å²) in [5.74, 6) is 0.213. The van der Waals surface area contributed by atoms with E-state index in [1.165, 1.54) is 6.07 Å². The Morgan fingerprint density at radius 3 is 2.80 bits per heavy atom. The zero-order chi connectivity index (χ0) is 21.1. The molecule has 0 fully saturated rings. The van der Waals surface area contributed by atoms with Gasteiger partial charge in [0.05, 0.1) is 6.54 Å². The standard InChI is InChI=1S/C21H21ClF2N4O2/c22-15-4-2-5-17(10-15)30-13-16(29)11-27-7-8-28-19(25-26-20(28)12-27)9-14-3-1-6-18(23)21(14)24/h1-6,10,16,29H,7-9,11-13H2. The van der Waals surface area contributed by atoms with Gasteiger partial charge in [-0.25, -0.2) is 8.78 Å². The van der Waals surface area contributed by atoms with Gasteiger partial charge >= 0.3 is 0 Å². The van der Waals surface area contributed by atoms with Gasteiger partial charge in [0.15, 0.2) is 11.6 Å². The number of ether oxygens (including phenoxy) is 1. The number of hydrogen-bond acceptors (Lipinski definition) is 5. The number of hydrogen-bond donors (Lipinski definition) is 1. The maximum atomic E-state index is 14.0. The summed E-state index contributed by atoms with van der Waals surface area (Å²) in [4.78, 5) is 2.06. The Labute approximate surface area is 177 Å². The summed E-state index contributed by atoms with van der Waals surface area (Å²) >= 11 is 5.93. The topological polar surface area (TPSA) is 63.4 Å². The van der Waals surface area contributed by atoms with Crippen LogP contribution >= 0.6 is 11.6 Å². The van der Waals surface area contributed by atoms with E-state index in [0.717, 1.165) is 11.9 Å². The van der Waals surface area contributed by atoms with E-state index in [9.17, 15) is 13.9 Å². The lowest BCUT2D eigenvalue weighted by atomic mass is 10.1. The van der Waals surface area contributed by atoms with Crippen LogP contribution in [0.1, 0.15) is 17.2 Å². The molecule has 2 aromatic carbocycles. The SMILES string of the molecule is OC(COc1cccc(Cl)c1)CN1CCn2c(Cc3cccc(F)c3F)nnc2C1. The van der Waals surface area contributed by atoms with Gasteiger partial charge in [0, 0.05) is 31.1 Å². The van der Waals surface area contributed by atoms with E-state index >= 15 is 0 Å². The van der Waals surface area contributed by atoms with Gasteiger partial charge in [-0.15, -0.1) is 10.2 Å². The minimum atomic E-state index is -0.869. The Balaban J connectivity index is 1.33. The second kappa shape index (κ2) is 9.07. The normalized spacial score (nSPS) is 15.1. The zero-order valence-corrected chi connectivity index (χ0v) is 16.9. The van der Waals surface area contributed by atoms with Crippen LogP contribution < -0.4 is 4.74 Å². The van der Waals surface area contributed by atoms with Crippen LogP contribution in [0.3, 0.4) is 0 Å². The van der Waals surface area contributed by atoms with Gasteiger partial charge < -0.3 is 14.4 Å². The van der Waals surface area contributed by atoms with Crippen LogP contribution in [0.4, 0.5) is 8.78 Å². The van der Waals surface area contributed by atoms with E-state index in [0.29, 0.717) is 42.8 Å². The molecule has 30 heavy (non-hydrogen) atoms. The summed E-state index contributed by atoms with van der Waals surface area (Å²) in [6.07, 6.45) is -0.508. The van der Waals surface area contributed by atoms with E-state index < -0.39 is 17.7 Å². The molecule has 3 aromatic rings. The molecule has 0 amide bonds. The van der Waals surface area contributed by atoms with Crippen molar-refractivity contribution in [2.75, 3.05) is 19.7 Å². The number of aliphatic hydroxyl groups excluding tert-OH is 1. The lowest BCUT2D eigenvalue weighted by Crippen LogP contribution is -2.40. The predicted octanol–water partition coefficient (Wildman–Crippen LogP) is 3.06. The van der Waals surface area contributed by atoms with E-state index in [-0.39, 0.29) is 18.6 Å². The molecule has 0 aliphatic carbocycles. The van der Waals surface area contributed by atoms with Crippen LogP contribution in [0.15, 0.2) is 42.5 Å². The second-order valence-corrected chi connectivity index (χ2v) is 7.67. The van der Waals surface area contributed by atoms with Crippen molar-refractivity contribution in [1.29, 1.82) is 0 Å². The van der Waals surface area contributed by atoms with E-state index in [4.69, 9.17) is 16.3 Å². The molecule has 1 atom stereocenters. The quantitative estimate of drug-likeness (QED) is 0.619. The van der Waals surface area contributed by atoms with Gasteiger partial charge in [-0.3, -0.25) is 4.90 Å². The summed E-state index contributed by atoms with van der Waals surface area (Å²) in [7, 11) is 0. The summed E-state index contributed by atoms with van der Waals surface area (Å²) in [6.45, 7) is 2.36. The fourth-order valence-corrected chi connectivity index (χ4v) is 3.69. The van der Waals surface area contributed by atoms with Crippen molar-refractivity contribution in [3.05, 3.63) is 76.3 Å². The maximum absolute atomic E-state index is 14.0. The molecule has 6 nitrogen and oxygen atoms in total. The molecule has 1 unspecified atom stereocenters. The molecular weight excluding hydrogens is 414 g/mol. The van der Waals surface area contributed by atoms with Gasteiger partial charge in [0.1, 0.15) is 30.1 Å². The molecule has 2 heterocycles. The minimum Gasteiger partial charge on any atom is -0.491 e. The monoisotopic (exact) mass is 434 g/mol. The Morgan fingerprint density at radius 1 is 1.13 bits per heavy atom. The average molecular weight is 435 g/mol. The molecule has 9 heteroatoms. The molecule has 0 saturated heterocycles. The number of halogens is 3. The van der Waals surface area contributed by atoms with Gasteiger partial charge in [-0.2, -0.15) is 0 Å². The zero-order valence-electron chi connectivity index (χ0n) is 16.1.